The van der Waals surface area contributed by atoms with Gasteiger partial charge in [-0.2, -0.15) is 0 Å². The smallest absolute Gasteiger partial charge is 0.325 e. The van der Waals surface area contributed by atoms with Crippen LogP contribution in [-0.2, 0) is 14.3 Å². The highest BCUT2D eigenvalue weighted by molar-refractivity contribution is 6.31. The van der Waals surface area contributed by atoms with Crippen LogP contribution in [0.3, 0.4) is 0 Å². The number of carbonyl (C=O) groups is 3. The number of amides is 4. The maximum Gasteiger partial charge on any atom is 0.325 e. The fraction of sp³-hybridized carbons (Fsp3) is 0.609. The van der Waals surface area contributed by atoms with Gasteiger partial charge in [-0.3, -0.25) is 19.4 Å². The van der Waals surface area contributed by atoms with Gasteiger partial charge in [0.1, 0.15) is 17.9 Å². The molecule has 1 aromatic carbocycles. The number of carbonyl (C=O) groups excluding carboxylic acids is 3. The van der Waals surface area contributed by atoms with Gasteiger partial charge in [0, 0.05) is 30.2 Å². The molecule has 3 aliphatic rings. The Morgan fingerprint density at radius 3 is 2.79 bits per heavy atom. The highest BCUT2D eigenvalue weighted by atomic mass is 35.5. The van der Waals surface area contributed by atoms with Gasteiger partial charge < -0.3 is 15.4 Å². The molecule has 2 atom stereocenters. The maximum atomic E-state index is 14.7. The summed E-state index contributed by atoms with van der Waals surface area (Å²) in [7, 11) is 0. The summed E-state index contributed by atoms with van der Waals surface area (Å²) < 4.78 is 20.4. The zero-order valence-corrected chi connectivity index (χ0v) is 19.5. The Morgan fingerprint density at radius 1 is 1.33 bits per heavy atom. The van der Waals surface area contributed by atoms with Crippen molar-refractivity contribution in [3.8, 4) is 0 Å². The second kappa shape index (κ2) is 9.95. The van der Waals surface area contributed by atoms with Crippen LogP contribution in [0, 0.1) is 5.82 Å². The highest BCUT2D eigenvalue weighted by Gasteiger charge is 2.51. The molecule has 1 spiro atoms. The van der Waals surface area contributed by atoms with Gasteiger partial charge in [-0.05, 0) is 31.9 Å². The summed E-state index contributed by atoms with van der Waals surface area (Å²) in [6, 6.07) is 3.46. The molecule has 0 bridgehead atoms. The summed E-state index contributed by atoms with van der Waals surface area (Å²) in [6.07, 6.45) is 3.92. The van der Waals surface area contributed by atoms with Crippen LogP contribution in [0.5, 0.6) is 0 Å². The molecule has 1 aliphatic carbocycles. The number of halogens is 2. The number of morpholine rings is 1. The van der Waals surface area contributed by atoms with Gasteiger partial charge in [0.05, 0.1) is 18.8 Å². The van der Waals surface area contributed by atoms with Crippen molar-refractivity contribution in [3.63, 3.8) is 0 Å². The molecular weight excluding hydrogens is 451 g/mol. The second-order valence-electron chi connectivity index (χ2n) is 9.10. The Balaban J connectivity index is 1.45. The maximum absolute atomic E-state index is 14.7. The largest absolute Gasteiger partial charge is 0.376 e. The molecule has 2 heterocycles. The van der Waals surface area contributed by atoms with Crippen molar-refractivity contribution in [2.45, 2.75) is 56.7 Å². The number of hydrogen-bond donors (Lipinski definition) is 2. The number of imide groups is 1. The van der Waals surface area contributed by atoms with E-state index < -0.39 is 29.3 Å². The third-order valence-corrected chi connectivity index (χ3v) is 7.12. The SMILES string of the molecule is CC1CN(C(CNC(=O)CN2C(=O)NC3(CCCCC3)C2=O)c2c(F)cccc2Cl)CCO1. The molecule has 1 aromatic rings. The first kappa shape index (κ1) is 23.9. The summed E-state index contributed by atoms with van der Waals surface area (Å²) in [5.74, 6) is -1.27. The third kappa shape index (κ3) is 5.00. The Labute approximate surface area is 197 Å². The van der Waals surface area contributed by atoms with E-state index in [1.807, 2.05) is 11.8 Å². The fourth-order valence-electron chi connectivity index (χ4n) is 5.10. The van der Waals surface area contributed by atoms with Crippen LogP contribution in [0.15, 0.2) is 18.2 Å². The Bertz CT molecular complexity index is 903. The molecule has 2 unspecified atom stereocenters. The first-order valence-electron chi connectivity index (χ1n) is 11.5. The first-order valence-corrected chi connectivity index (χ1v) is 11.9. The average Bonchev–Trinajstić information content (AvgIpc) is 3.00. The summed E-state index contributed by atoms with van der Waals surface area (Å²) in [5, 5.41) is 5.87. The lowest BCUT2D eigenvalue weighted by molar-refractivity contribution is -0.136. The number of rotatable bonds is 6. The van der Waals surface area contributed by atoms with Gasteiger partial charge in [0.15, 0.2) is 0 Å². The molecule has 0 aromatic heterocycles. The normalized spacial score (nSPS) is 24.1. The predicted octanol–water partition coefficient (Wildman–Crippen LogP) is 2.61. The standard InChI is InChI=1S/C23H30ClFN4O4/c1-15-13-28(10-11-33-15)18(20-16(24)6-5-7-17(20)25)12-26-19(30)14-29-21(31)23(27-22(29)32)8-3-2-4-9-23/h5-7,15,18H,2-4,8-14H2,1H3,(H,26,30)(H,27,32). The summed E-state index contributed by atoms with van der Waals surface area (Å²) in [4.78, 5) is 41.2. The van der Waals surface area contributed by atoms with Crippen molar-refractivity contribution in [1.82, 2.24) is 20.4 Å². The highest BCUT2D eigenvalue weighted by Crippen LogP contribution is 2.34. The van der Waals surface area contributed by atoms with Crippen molar-refractivity contribution in [2.75, 3.05) is 32.8 Å². The number of nitrogens with one attached hydrogen (secondary N) is 2. The Morgan fingerprint density at radius 2 is 2.09 bits per heavy atom. The minimum absolute atomic E-state index is 0.0416. The van der Waals surface area contributed by atoms with Crippen molar-refractivity contribution in [3.05, 3.63) is 34.6 Å². The summed E-state index contributed by atoms with van der Waals surface area (Å²) in [5.41, 5.74) is -0.562. The zero-order valence-electron chi connectivity index (χ0n) is 18.7. The fourth-order valence-corrected chi connectivity index (χ4v) is 5.38. The van der Waals surface area contributed by atoms with Crippen LogP contribution in [0.25, 0.3) is 0 Å². The number of urea groups is 1. The van der Waals surface area contributed by atoms with Crippen molar-refractivity contribution in [2.24, 2.45) is 0 Å². The predicted molar refractivity (Wildman–Crippen MR) is 120 cm³/mol. The lowest BCUT2D eigenvalue weighted by atomic mass is 9.82. The number of nitrogens with zero attached hydrogens (tertiary/aromatic N) is 2. The number of benzene rings is 1. The minimum Gasteiger partial charge on any atom is -0.376 e. The molecule has 1 saturated carbocycles. The van der Waals surface area contributed by atoms with E-state index in [2.05, 4.69) is 10.6 Å². The Kier molecular flexibility index (Phi) is 7.21. The quantitative estimate of drug-likeness (QED) is 0.611. The minimum atomic E-state index is -0.872. The molecule has 180 valence electrons. The van der Waals surface area contributed by atoms with E-state index in [4.69, 9.17) is 16.3 Å². The van der Waals surface area contributed by atoms with E-state index in [0.29, 0.717) is 38.1 Å². The summed E-state index contributed by atoms with van der Waals surface area (Å²) >= 11 is 6.34. The molecule has 2 N–H and O–H groups in total. The molecule has 2 saturated heterocycles. The van der Waals surface area contributed by atoms with Crippen molar-refractivity contribution < 1.29 is 23.5 Å². The lowest BCUT2D eigenvalue weighted by Crippen LogP contribution is -2.49. The molecule has 8 nitrogen and oxygen atoms in total. The van der Waals surface area contributed by atoms with Crippen molar-refractivity contribution in [1.29, 1.82) is 0 Å². The first-order chi connectivity index (χ1) is 15.8. The third-order valence-electron chi connectivity index (χ3n) is 6.79. The van der Waals surface area contributed by atoms with Gasteiger partial charge in [-0.1, -0.05) is 36.9 Å². The monoisotopic (exact) mass is 480 g/mol. The second-order valence-corrected chi connectivity index (χ2v) is 9.50. The molecule has 2 aliphatic heterocycles. The molecule has 3 fully saturated rings. The van der Waals surface area contributed by atoms with E-state index in [1.54, 1.807) is 6.07 Å². The number of hydrogen-bond acceptors (Lipinski definition) is 5. The van der Waals surface area contributed by atoms with Gasteiger partial charge >= 0.3 is 6.03 Å². The molecule has 0 radical (unpaired) electrons. The Hall–Kier alpha value is -2.23. The van der Waals surface area contributed by atoms with Gasteiger partial charge in [0.2, 0.25) is 5.91 Å². The van der Waals surface area contributed by atoms with Crippen LogP contribution < -0.4 is 10.6 Å². The van der Waals surface area contributed by atoms with E-state index in [-0.39, 0.29) is 30.1 Å². The topological polar surface area (TPSA) is 91.0 Å². The molecular formula is C23H30ClFN4O4. The van der Waals surface area contributed by atoms with Crippen LogP contribution in [0.2, 0.25) is 5.02 Å². The van der Waals surface area contributed by atoms with Gasteiger partial charge in [-0.15, -0.1) is 0 Å². The van der Waals surface area contributed by atoms with Crippen LogP contribution in [0.4, 0.5) is 9.18 Å². The van der Waals surface area contributed by atoms with E-state index >= 15 is 0 Å². The van der Waals surface area contributed by atoms with Crippen LogP contribution in [0.1, 0.15) is 50.6 Å². The van der Waals surface area contributed by atoms with E-state index in [0.717, 1.165) is 24.2 Å². The zero-order chi connectivity index (χ0) is 23.6. The molecule has 33 heavy (non-hydrogen) atoms. The molecule has 4 amide bonds. The van der Waals surface area contributed by atoms with E-state index in [9.17, 15) is 18.8 Å². The lowest BCUT2D eigenvalue weighted by Gasteiger charge is -2.38. The average molecular weight is 481 g/mol. The molecule has 4 rings (SSSR count). The van der Waals surface area contributed by atoms with Gasteiger partial charge in [-0.25, -0.2) is 9.18 Å². The van der Waals surface area contributed by atoms with Gasteiger partial charge in [0.25, 0.3) is 5.91 Å². The van der Waals surface area contributed by atoms with E-state index in [1.165, 1.54) is 12.1 Å². The molecule has 10 heteroatoms. The van der Waals surface area contributed by atoms with Crippen LogP contribution >= 0.6 is 11.6 Å². The number of ether oxygens (including phenoxy) is 1. The van der Waals surface area contributed by atoms with Crippen molar-refractivity contribution >= 4 is 29.4 Å². The van der Waals surface area contributed by atoms with Crippen LogP contribution in [-0.4, -0.2) is 72.1 Å². The summed E-state index contributed by atoms with van der Waals surface area (Å²) in [6.45, 7) is 3.25.